The van der Waals surface area contributed by atoms with Crippen LogP contribution in [0.25, 0.3) is 0 Å². The summed E-state index contributed by atoms with van der Waals surface area (Å²) in [7, 11) is 0. The minimum absolute atomic E-state index is 0.0293. The molecule has 7 heteroatoms. The Kier molecular flexibility index (Phi) is 2.35. The third kappa shape index (κ3) is 1.62. The van der Waals surface area contributed by atoms with Crippen LogP contribution in [0.1, 0.15) is 16.8 Å². The Morgan fingerprint density at radius 3 is 2.75 bits per heavy atom. The van der Waals surface area contributed by atoms with Crippen molar-refractivity contribution < 1.29 is 19.5 Å². The third-order valence-corrected chi connectivity index (χ3v) is 2.16. The van der Waals surface area contributed by atoms with E-state index >= 15 is 0 Å². The molecule has 0 aliphatic carbocycles. The number of hydrogen-bond donors (Lipinski definition) is 1. The van der Waals surface area contributed by atoms with Crippen LogP contribution < -0.4 is 4.90 Å². The first-order chi connectivity index (χ1) is 7.59. The summed E-state index contributed by atoms with van der Waals surface area (Å²) >= 11 is 0. The quantitative estimate of drug-likeness (QED) is 0.674. The topological polar surface area (TPSA) is 100 Å². The molecule has 0 aromatic carbocycles. The summed E-state index contributed by atoms with van der Waals surface area (Å²) < 4.78 is 0. The monoisotopic (exact) mass is 221 g/mol. The number of carbonyl (C=O) groups is 3. The molecule has 0 saturated carbocycles. The molecule has 1 aromatic heterocycles. The van der Waals surface area contributed by atoms with Gasteiger partial charge in [-0.2, -0.15) is 0 Å². The Labute approximate surface area is 89.7 Å². The van der Waals surface area contributed by atoms with Gasteiger partial charge in [-0.3, -0.25) is 14.5 Å². The van der Waals surface area contributed by atoms with Crippen molar-refractivity contribution in [3.05, 3.63) is 18.1 Å². The molecule has 1 aliphatic heterocycles. The van der Waals surface area contributed by atoms with Crippen LogP contribution in [0.5, 0.6) is 0 Å². The number of amides is 1. The fourth-order valence-corrected chi connectivity index (χ4v) is 1.47. The maximum absolute atomic E-state index is 11.4. The van der Waals surface area contributed by atoms with E-state index < -0.39 is 11.9 Å². The lowest BCUT2D eigenvalue weighted by atomic mass is 10.3. The minimum atomic E-state index is -1.23. The molecule has 1 saturated heterocycles. The number of carboxylic acids is 1. The zero-order chi connectivity index (χ0) is 11.7. The van der Waals surface area contributed by atoms with Crippen molar-refractivity contribution in [2.45, 2.75) is 6.42 Å². The van der Waals surface area contributed by atoms with E-state index in [1.807, 2.05) is 0 Å². The molecule has 0 unspecified atom stereocenters. The van der Waals surface area contributed by atoms with Gasteiger partial charge in [-0.05, 0) is 0 Å². The van der Waals surface area contributed by atoms with Gasteiger partial charge in [-0.15, -0.1) is 0 Å². The first-order valence-electron chi connectivity index (χ1n) is 4.45. The molecule has 82 valence electrons. The lowest BCUT2D eigenvalue weighted by Crippen LogP contribution is -2.27. The fourth-order valence-electron chi connectivity index (χ4n) is 1.47. The van der Waals surface area contributed by atoms with Crippen LogP contribution in [0.3, 0.4) is 0 Å². The van der Waals surface area contributed by atoms with Crippen LogP contribution in [0.4, 0.5) is 5.82 Å². The molecule has 1 amide bonds. The first kappa shape index (κ1) is 10.2. The van der Waals surface area contributed by atoms with Crippen molar-refractivity contribution in [1.29, 1.82) is 0 Å². The molecule has 16 heavy (non-hydrogen) atoms. The highest BCUT2D eigenvalue weighted by atomic mass is 16.4. The van der Waals surface area contributed by atoms with E-state index in [9.17, 15) is 14.4 Å². The van der Waals surface area contributed by atoms with Crippen molar-refractivity contribution in [1.82, 2.24) is 9.97 Å². The van der Waals surface area contributed by atoms with Gasteiger partial charge in [-0.1, -0.05) is 0 Å². The number of carboxylic acid groups (broad SMARTS) is 1. The highest BCUT2D eigenvalue weighted by Gasteiger charge is 2.32. The average molecular weight is 221 g/mol. The minimum Gasteiger partial charge on any atom is -0.477 e. The molecule has 0 spiro atoms. The molecule has 1 aromatic rings. The second-order valence-corrected chi connectivity index (χ2v) is 3.26. The Morgan fingerprint density at radius 1 is 1.44 bits per heavy atom. The van der Waals surface area contributed by atoms with E-state index in [0.717, 1.165) is 17.4 Å². The molecule has 0 bridgehead atoms. The summed E-state index contributed by atoms with van der Waals surface area (Å²) in [4.78, 5) is 41.7. The molecule has 1 aliphatic rings. The molecule has 0 radical (unpaired) electrons. The van der Waals surface area contributed by atoms with Gasteiger partial charge in [0, 0.05) is 6.20 Å². The van der Waals surface area contributed by atoms with Crippen molar-refractivity contribution in [3.63, 3.8) is 0 Å². The van der Waals surface area contributed by atoms with E-state index in [4.69, 9.17) is 5.11 Å². The van der Waals surface area contributed by atoms with Crippen molar-refractivity contribution in [2.24, 2.45) is 0 Å². The second-order valence-electron chi connectivity index (χ2n) is 3.26. The van der Waals surface area contributed by atoms with Gasteiger partial charge in [0.2, 0.25) is 5.91 Å². The fraction of sp³-hybridized carbons (Fsp3) is 0.222. The van der Waals surface area contributed by atoms with Gasteiger partial charge < -0.3 is 5.11 Å². The lowest BCUT2D eigenvalue weighted by molar-refractivity contribution is -0.121. The Balaban J connectivity index is 2.44. The number of hydrogen-bond acceptors (Lipinski definition) is 5. The lowest BCUT2D eigenvalue weighted by Gasteiger charge is -2.14. The predicted octanol–water partition coefficient (Wildman–Crippen LogP) is -0.519. The van der Waals surface area contributed by atoms with Gasteiger partial charge in [-0.25, -0.2) is 14.8 Å². The summed E-state index contributed by atoms with van der Waals surface area (Å²) in [5.74, 6) is -1.95. The van der Waals surface area contributed by atoms with Crippen LogP contribution in [-0.2, 0) is 9.59 Å². The van der Waals surface area contributed by atoms with E-state index in [1.54, 1.807) is 0 Å². The van der Waals surface area contributed by atoms with Crippen LogP contribution in [-0.4, -0.2) is 39.3 Å². The zero-order valence-corrected chi connectivity index (χ0v) is 8.08. The smallest absolute Gasteiger partial charge is 0.341 e. The first-order valence-corrected chi connectivity index (χ1v) is 4.45. The number of aromatic nitrogens is 2. The van der Waals surface area contributed by atoms with E-state index in [0.29, 0.717) is 0 Å². The molecule has 2 rings (SSSR count). The summed E-state index contributed by atoms with van der Waals surface area (Å²) in [6.45, 7) is -0.129. The summed E-state index contributed by atoms with van der Waals surface area (Å²) in [6.07, 6.45) is 2.03. The summed E-state index contributed by atoms with van der Waals surface area (Å²) in [5.41, 5.74) is -0.189. The molecule has 1 N–H and O–H groups in total. The number of nitrogens with zero attached hydrogens (tertiary/aromatic N) is 3. The second kappa shape index (κ2) is 3.69. The molecular formula is C9H7N3O4. The standard InChI is InChI=1S/C9H7N3O4/c13-5-1-7(14)12(3-5)8-6(9(15)16)2-10-4-11-8/h2,4H,1,3H2,(H,15,16). The molecule has 1 fully saturated rings. The van der Waals surface area contributed by atoms with Gasteiger partial charge in [0.25, 0.3) is 0 Å². The van der Waals surface area contributed by atoms with Gasteiger partial charge in [0.15, 0.2) is 11.6 Å². The van der Waals surface area contributed by atoms with Crippen molar-refractivity contribution in [3.8, 4) is 0 Å². The highest BCUT2D eigenvalue weighted by molar-refractivity contribution is 6.16. The number of rotatable bonds is 2. The van der Waals surface area contributed by atoms with E-state index in [2.05, 4.69) is 9.97 Å². The van der Waals surface area contributed by atoms with E-state index in [-0.39, 0.29) is 30.1 Å². The van der Waals surface area contributed by atoms with Crippen LogP contribution in [0.2, 0.25) is 0 Å². The predicted molar refractivity (Wildman–Crippen MR) is 51.0 cm³/mol. The maximum atomic E-state index is 11.4. The number of anilines is 1. The van der Waals surface area contributed by atoms with Gasteiger partial charge >= 0.3 is 5.97 Å². The average Bonchev–Trinajstić information content (AvgIpc) is 2.57. The number of ketones is 1. The van der Waals surface area contributed by atoms with Crippen molar-refractivity contribution in [2.75, 3.05) is 11.4 Å². The molecule has 7 nitrogen and oxygen atoms in total. The third-order valence-electron chi connectivity index (χ3n) is 2.16. The van der Waals surface area contributed by atoms with Crippen molar-refractivity contribution >= 4 is 23.5 Å². The van der Waals surface area contributed by atoms with E-state index in [1.165, 1.54) is 0 Å². The molecular weight excluding hydrogens is 214 g/mol. The molecule has 0 atom stereocenters. The Bertz CT molecular complexity index is 485. The number of carbonyl (C=O) groups excluding carboxylic acids is 2. The maximum Gasteiger partial charge on any atom is 0.341 e. The van der Waals surface area contributed by atoms with Crippen LogP contribution >= 0.6 is 0 Å². The van der Waals surface area contributed by atoms with Crippen LogP contribution in [0.15, 0.2) is 12.5 Å². The highest BCUT2D eigenvalue weighted by Crippen LogP contribution is 2.20. The zero-order valence-electron chi connectivity index (χ0n) is 8.08. The normalized spacial score (nSPS) is 15.6. The SMILES string of the molecule is O=C1CC(=O)N(c2ncncc2C(=O)O)C1. The Morgan fingerprint density at radius 2 is 2.19 bits per heavy atom. The summed E-state index contributed by atoms with van der Waals surface area (Å²) in [6, 6.07) is 0. The summed E-state index contributed by atoms with van der Waals surface area (Å²) in [5, 5.41) is 8.88. The Hall–Kier alpha value is -2.31. The largest absolute Gasteiger partial charge is 0.477 e. The van der Waals surface area contributed by atoms with Gasteiger partial charge in [0.1, 0.15) is 11.9 Å². The van der Waals surface area contributed by atoms with Crippen LogP contribution in [0, 0.1) is 0 Å². The number of aromatic carboxylic acids is 1. The van der Waals surface area contributed by atoms with Gasteiger partial charge in [0.05, 0.1) is 13.0 Å². The molecule has 2 heterocycles. The number of Topliss-reactive ketones (excluding diaryl/α,β-unsaturated/α-hetero) is 1.